The van der Waals surface area contributed by atoms with E-state index in [1.807, 2.05) is 0 Å². The number of anilines is 1. The minimum absolute atomic E-state index is 0.123. The van der Waals surface area contributed by atoms with Crippen LogP contribution in [0, 0.1) is 0 Å². The Morgan fingerprint density at radius 3 is 2.44 bits per heavy atom. The summed E-state index contributed by atoms with van der Waals surface area (Å²) >= 11 is 5.41. The van der Waals surface area contributed by atoms with Crippen LogP contribution in [0.5, 0.6) is 5.75 Å². The van der Waals surface area contributed by atoms with Crippen LogP contribution in [0.3, 0.4) is 0 Å². The number of carbonyl (C=O) groups excluding carboxylic acids is 1. The first-order valence-corrected chi connectivity index (χ1v) is 4.47. The van der Waals surface area contributed by atoms with Crippen LogP contribution in [0.1, 0.15) is 12.5 Å². The molecule has 0 heterocycles. The van der Waals surface area contributed by atoms with Gasteiger partial charge in [0.15, 0.2) is 0 Å². The smallest absolute Gasteiger partial charge is 0.420 e. The van der Waals surface area contributed by atoms with E-state index in [1.54, 1.807) is 0 Å². The van der Waals surface area contributed by atoms with Crippen LogP contribution < -0.4 is 5.32 Å². The van der Waals surface area contributed by atoms with E-state index in [0.717, 1.165) is 13.0 Å². The first-order chi connectivity index (χ1) is 7.21. The summed E-state index contributed by atoms with van der Waals surface area (Å²) in [5.41, 5.74) is -1.41. The fourth-order valence-corrected chi connectivity index (χ4v) is 1.31. The van der Waals surface area contributed by atoms with Crippen molar-refractivity contribution in [3.8, 4) is 5.75 Å². The first kappa shape index (κ1) is 12.6. The molecule has 0 unspecified atom stereocenters. The highest BCUT2D eigenvalue weighted by Gasteiger charge is 2.35. The molecule has 0 aromatic heterocycles. The predicted octanol–water partition coefficient (Wildman–Crippen LogP) is 3.02. The number of hydrogen-bond acceptors (Lipinski definition) is 2. The monoisotopic (exact) mass is 253 g/mol. The number of hydrogen-bond donors (Lipinski definition) is 2. The lowest BCUT2D eigenvalue weighted by atomic mass is 10.1. The van der Waals surface area contributed by atoms with E-state index in [4.69, 9.17) is 16.7 Å². The van der Waals surface area contributed by atoms with Crippen molar-refractivity contribution in [2.75, 3.05) is 5.32 Å². The van der Waals surface area contributed by atoms with Crippen LogP contribution in [0.25, 0.3) is 0 Å². The molecule has 0 aliphatic carbocycles. The number of nitrogens with one attached hydrogen (secondary N) is 1. The molecule has 88 valence electrons. The number of phenols is 1. The van der Waals surface area contributed by atoms with Gasteiger partial charge in [0.25, 0.3) is 0 Å². The number of phenolic OH excluding ortho intramolecular Hbond substituents is 1. The number of rotatable bonds is 1. The second-order valence-electron chi connectivity index (χ2n) is 3.03. The number of amides is 1. The fraction of sp³-hybridized carbons (Fsp3) is 0.222. The lowest BCUT2D eigenvalue weighted by Crippen LogP contribution is -2.10. The topological polar surface area (TPSA) is 49.3 Å². The third-order valence-corrected chi connectivity index (χ3v) is 1.98. The van der Waals surface area contributed by atoms with Crippen LogP contribution in [0.4, 0.5) is 18.9 Å². The van der Waals surface area contributed by atoms with Gasteiger partial charge < -0.3 is 10.4 Å². The average Bonchev–Trinajstić information content (AvgIpc) is 2.08. The maximum absolute atomic E-state index is 12.4. The summed E-state index contributed by atoms with van der Waals surface area (Å²) in [5.74, 6) is -1.59. The van der Waals surface area contributed by atoms with E-state index >= 15 is 0 Å². The molecular weight excluding hydrogens is 247 g/mol. The van der Waals surface area contributed by atoms with Gasteiger partial charge in [-0.25, -0.2) is 0 Å². The largest absolute Gasteiger partial charge is 0.506 e. The molecule has 7 heteroatoms. The molecule has 0 radical (unpaired) electrons. The highest BCUT2D eigenvalue weighted by atomic mass is 35.5. The molecule has 0 saturated carbocycles. The van der Waals surface area contributed by atoms with E-state index in [0.29, 0.717) is 6.07 Å². The van der Waals surface area contributed by atoms with Gasteiger partial charge in [0.2, 0.25) is 5.91 Å². The summed E-state index contributed by atoms with van der Waals surface area (Å²) in [6.07, 6.45) is -4.73. The molecule has 16 heavy (non-hydrogen) atoms. The molecule has 1 amide bonds. The molecule has 3 nitrogen and oxygen atoms in total. The molecule has 0 saturated heterocycles. The number of halogens is 4. The maximum atomic E-state index is 12.4. The molecule has 0 bridgehead atoms. The summed E-state index contributed by atoms with van der Waals surface area (Å²) < 4.78 is 37.2. The van der Waals surface area contributed by atoms with Gasteiger partial charge >= 0.3 is 6.18 Å². The minimum atomic E-state index is -4.73. The van der Waals surface area contributed by atoms with E-state index in [9.17, 15) is 18.0 Å². The zero-order valence-corrected chi connectivity index (χ0v) is 8.78. The summed E-state index contributed by atoms with van der Waals surface area (Å²) in [6.45, 7) is 1.15. The zero-order valence-electron chi connectivity index (χ0n) is 8.02. The third-order valence-electron chi connectivity index (χ3n) is 1.69. The van der Waals surface area contributed by atoms with Crippen molar-refractivity contribution >= 4 is 23.2 Å². The zero-order chi connectivity index (χ0) is 12.5. The third kappa shape index (κ3) is 2.79. The molecule has 1 aromatic carbocycles. The molecule has 0 atom stereocenters. The molecule has 0 aliphatic heterocycles. The van der Waals surface area contributed by atoms with Gasteiger partial charge in [0.05, 0.1) is 5.02 Å². The van der Waals surface area contributed by atoms with Gasteiger partial charge in [-0.2, -0.15) is 13.2 Å². The van der Waals surface area contributed by atoms with Crippen molar-refractivity contribution < 1.29 is 23.1 Å². The van der Waals surface area contributed by atoms with Crippen LogP contribution in [-0.4, -0.2) is 11.0 Å². The Morgan fingerprint density at radius 2 is 2.00 bits per heavy atom. The van der Waals surface area contributed by atoms with Gasteiger partial charge in [0.1, 0.15) is 11.3 Å². The SMILES string of the molecule is CC(=O)Nc1cc(Cl)c(O)c(C(F)(F)F)c1. The number of aromatic hydroxyl groups is 1. The van der Waals surface area contributed by atoms with Crippen LogP contribution in [0.15, 0.2) is 12.1 Å². The molecule has 0 spiro atoms. The van der Waals surface area contributed by atoms with E-state index < -0.39 is 28.4 Å². The Kier molecular flexibility index (Phi) is 3.32. The summed E-state index contributed by atoms with van der Waals surface area (Å²) in [5, 5.41) is 10.8. The maximum Gasteiger partial charge on any atom is 0.420 e. The highest BCUT2D eigenvalue weighted by molar-refractivity contribution is 6.32. The van der Waals surface area contributed by atoms with Crippen LogP contribution in [0.2, 0.25) is 5.02 Å². The Balaban J connectivity index is 3.28. The van der Waals surface area contributed by atoms with E-state index in [2.05, 4.69) is 5.32 Å². The van der Waals surface area contributed by atoms with Crippen LogP contribution in [-0.2, 0) is 11.0 Å². The Labute approximate surface area is 93.8 Å². The minimum Gasteiger partial charge on any atom is -0.506 e. The Morgan fingerprint density at radius 1 is 1.44 bits per heavy atom. The molecule has 1 rings (SSSR count). The first-order valence-electron chi connectivity index (χ1n) is 4.09. The summed E-state index contributed by atoms with van der Waals surface area (Å²) in [7, 11) is 0. The van der Waals surface area contributed by atoms with Crippen molar-refractivity contribution in [3.05, 3.63) is 22.7 Å². The standard InChI is InChI=1S/C9H7ClF3NO2/c1-4(15)14-5-2-6(9(11,12)13)8(16)7(10)3-5/h2-3,16H,1H3,(H,14,15). The molecule has 2 N–H and O–H groups in total. The van der Waals surface area contributed by atoms with Crippen molar-refractivity contribution in [1.82, 2.24) is 0 Å². The molecular formula is C9H7ClF3NO2. The number of carbonyl (C=O) groups is 1. The lowest BCUT2D eigenvalue weighted by molar-refractivity contribution is -0.138. The van der Waals surface area contributed by atoms with Crippen molar-refractivity contribution in [2.24, 2.45) is 0 Å². The van der Waals surface area contributed by atoms with Gasteiger partial charge in [-0.1, -0.05) is 11.6 Å². The normalized spacial score (nSPS) is 11.3. The van der Waals surface area contributed by atoms with Gasteiger partial charge in [-0.15, -0.1) is 0 Å². The quantitative estimate of drug-likeness (QED) is 0.756. The van der Waals surface area contributed by atoms with Crippen LogP contribution >= 0.6 is 11.6 Å². The summed E-state index contributed by atoms with van der Waals surface area (Å²) in [6, 6.07) is 1.65. The summed E-state index contributed by atoms with van der Waals surface area (Å²) in [4.78, 5) is 10.7. The number of alkyl halides is 3. The second-order valence-corrected chi connectivity index (χ2v) is 3.44. The number of benzene rings is 1. The van der Waals surface area contributed by atoms with E-state index in [1.165, 1.54) is 0 Å². The van der Waals surface area contributed by atoms with Gasteiger partial charge in [-0.3, -0.25) is 4.79 Å². The van der Waals surface area contributed by atoms with Gasteiger partial charge in [0, 0.05) is 12.6 Å². The predicted molar refractivity (Wildman–Crippen MR) is 52.4 cm³/mol. The van der Waals surface area contributed by atoms with Crippen molar-refractivity contribution in [3.63, 3.8) is 0 Å². The van der Waals surface area contributed by atoms with Crippen molar-refractivity contribution in [2.45, 2.75) is 13.1 Å². The highest BCUT2D eigenvalue weighted by Crippen LogP contribution is 2.41. The lowest BCUT2D eigenvalue weighted by Gasteiger charge is -2.12. The average molecular weight is 254 g/mol. The molecule has 0 aliphatic rings. The van der Waals surface area contributed by atoms with Gasteiger partial charge in [-0.05, 0) is 12.1 Å². The van der Waals surface area contributed by atoms with Crippen molar-refractivity contribution in [1.29, 1.82) is 0 Å². The Hall–Kier alpha value is -1.43. The molecule has 0 fully saturated rings. The fourth-order valence-electron chi connectivity index (χ4n) is 1.09. The molecule has 1 aromatic rings. The second kappa shape index (κ2) is 4.21. The Bertz CT molecular complexity index is 431. The van der Waals surface area contributed by atoms with E-state index in [-0.39, 0.29) is 5.69 Å².